The van der Waals surface area contributed by atoms with Crippen LogP contribution in [-0.4, -0.2) is 19.0 Å². The zero-order valence-electron chi connectivity index (χ0n) is 20.3. The van der Waals surface area contributed by atoms with E-state index in [4.69, 9.17) is 9.47 Å². The van der Waals surface area contributed by atoms with Crippen molar-refractivity contribution in [3.63, 3.8) is 0 Å². The molecule has 1 N–H and O–H groups in total. The minimum Gasteiger partial charge on any atom is -0.469 e. The van der Waals surface area contributed by atoms with Gasteiger partial charge >= 0.3 is 5.97 Å². The van der Waals surface area contributed by atoms with Gasteiger partial charge in [-0.3, -0.25) is 9.59 Å². The van der Waals surface area contributed by atoms with Gasteiger partial charge in [-0.05, 0) is 65.9 Å². The number of fused-ring (bicyclic) bond motifs is 1. The number of methoxy groups -OCH3 is 1. The standard InChI is InChI=1S/C30H28FNO4/c1-20(26-14-5-9-21-8-3-4-13-27(21)26)32-30(34)28-19-25(36-24-12-7-11-23(31)18-24)17-16-22(28)10-6-15-29(33)35-2/h3-5,7-9,11-14,16-20H,6,10,15H2,1-2H3,(H,32,34)/t20-/m1/s1. The molecule has 6 heteroatoms. The van der Waals surface area contributed by atoms with E-state index in [-0.39, 0.29) is 24.3 Å². The number of hydrogen-bond donors (Lipinski definition) is 1. The predicted octanol–water partition coefficient (Wildman–Crippen LogP) is 6.76. The number of benzene rings is 4. The third-order valence-electron chi connectivity index (χ3n) is 6.05. The number of ether oxygens (including phenoxy) is 2. The molecule has 1 atom stereocenters. The fraction of sp³-hybridized carbons (Fsp3) is 0.200. The van der Waals surface area contributed by atoms with Crippen molar-refractivity contribution in [3.8, 4) is 11.5 Å². The number of rotatable bonds is 9. The molecule has 0 saturated heterocycles. The van der Waals surface area contributed by atoms with Crippen molar-refractivity contribution in [2.75, 3.05) is 7.11 Å². The molecule has 5 nitrogen and oxygen atoms in total. The van der Waals surface area contributed by atoms with Crippen LogP contribution in [0.4, 0.5) is 4.39 Å². The predicted molar refractivity (Wildman–Crippen MR) is 138 cm³/mol. The van der Waals surface area contributed by atoms with Gasteiger partial charge in [-0.25, -0.2) is 4.39 Å². The molecular weight excluding hydrogens is 457 g/mol. The van der Waals surface area contributed by atoms with E-state index in [0.29, 0.717) is 29.9 Å². The fourth-order valence-corrected chi connectivity index (χ4v) is 4.22. The Balaban J connectivity index is 1.60. The third kappa shape index (κ3) is 6.08. The van der Waals surface area contributed by atoms with Crippen molar-refractivity contribution in [1.29, 1.82) is 0 Å². The van der Waals surface area contributed by atoms with Crippen molar-refractivity contribution < 1.29 is 23.5 Å². The van der Waals surface area contributed by atoms with Gasteiger partial charge in [0, 0.05) is 18.1 Å². The highest BCUT2D eigenvalue weighted by Gasteiger charge is 2.18. The molecule has 0 bridgehead atoms. The van der Waals surface area contributed by atoms with E-state index in [2.05, 4.69) is 5.32 Å². The molecule has 4 aromatic carbocycles. The first-order valence-corrected chi connectivity index (χ1v) is 11.9. The van der Waals surface area contributed by atoms with Crippen molar-refractivity contribution in [3.05, 3.63) is 107 Å². The summed E-state index contributed by atoms with van der Waals surface area (Å²) in [5.41, 5.74) is 2.25. The summed E-state index contributed by atoms with van der Waals surface area (Å²) < 4.78 is 24.2. The van der Waals surface area contributed by atoms with Crippen LogP contribution in [0.1, 0.15) is 47.3 Å². The first kappa shape index (κ1) is 24.9. The number of nitrogens with one attached hydrogen (secondary N) is 1. The molecule has 0 spiro atoms. The minimum absolute atomic E-state index is 0.251. The Morgan fingerprint density at radius 1 is 0.917 bits per heavy atom. The lowest BCUT2D eigenvalue weighted by Gasteiger charge is -2.19. The van der Waals surface area contributed by atoms with Gasteiger partial charge in [-0.1, -0.05) is 54.6 Å². The zero-order valence-corrected chi connectivity index (χ0v) is 20.3. The van der Waals surface area contributed by atoms with Gasteiger partial charge in [0.05, 0.1) is 13.2 Å². The Morgan fingerprint density at radius 3 is 2.47 bits per heavy atom. The van der Waals surface area contributed by atoms with Gasteiger partial charge in [0.15, 0.2) is 0 Å². The molecule has 184 valence electrons. The molecule has 4 rings (SSSR count). The number of amides is 1. The van der Waals surface area contributed by atoms with Crippen LogP contribution in [0, 0.1) is 5.82 Å². The van der Waals surface area contributed by atoms with Gasteiger partial charge in [0.25, 0.3) is 5.91 Å². The third-order valence-corrected chi connectivity index (χ3v) is 6.05. The Labute approximate surface area is 209 Å². The summed E-state index contributed by atoms with van der Waals surface area (Å²) in [6, 6.07) is 24.9. The molecule has 0 heterocycles. The van der Waals surface area contributed by atoms with Gasteiger partial charge in [-0.15, -0.1) is 0 Å². The van der Waals surface area contributed by atoms with E-state index < -0.39 is 5.82 Å². The summed E-state index contributed by atoms with van der Waals surface area (Å²) in [5.74, 6) is -0.206. The smallest absolute Gasteiger partial charge is 0.305 e. The maximum atomic E-state index is 13.6. The van der Waals surface area contributed by atoms with E-state index >= 15 is 0 Å². The van der Waals surface area contributed by atoms with E-state index in [0.717, 1.165) is 21.9 Å². The van der Waals surface area contributed by atoms with Crippen LogP contribution >= 0.6 is 0 Å². The fourth-order valence-electron chi connectivity index (χ4n) is 4.22. The second kappa shape index (κ2) is 11.5. The number of aryl methyl sites for hydroxylation is 1. The van der Waals surface area contributed by atoms with Gasteiger partial charge in [0.2, 0.25) is 0 Å². The molecule has 0 aromatic heterocycles. The molecular formula is C30H28FNO4. The average Bonchev–Trinajstić information content (AvgIpc) is 2.88. The van der Waals surface area contributed by atoms with Crippen LogP contribution in [0.25, 0.3) is 10.8 Å². The van der Waals surface area contributed by atoms with E-state index in [1.54, 1.807) is 24.3 Å². The normalized spacial score (nSPS) is 11.6. The van der Waals surface area contributed by atoms with Crippen LogP contribution in [0.2, 0.25) is 0 Å². The summed E-state index contributed by atoms with van der Waals surface area (Å²) in [5, 5.41) is 5.29. The molecule has 0 radical (unpaired) electrons. The van der Waals surface area contributed by atoms with Crippen LogP contribution in [0.5, 0.6) is 11.5 Å². The second-order valence-corrected chi connectivity index (χ2v) is 8.57. The lowest BCUT2D eigenvalue weighted by atomic mass is 9.98. The molecule has 4 aromatic rings. The summed E-state index contributed by atoms with van der Waals surface area (Å²) in [6.45, 7) is 1.95. The van der Waals surface area contributed by atoms with Gasteiger partial charge in [0.1, 0.15) is 17.3 Å². The van der Waals surface area contributed by atoms with Crippen molar-refractivity contribution in [1.82, 2.24) is 5.32 Å². The highest BCUT2D eigenvalue weighted by Crippen LogP contribution is 2.28. The molecule has 0 aliphatic heterocycles. The molecule has 36 heavy (non-hydrogen) atoms. The van der Waals surface area contributed by atoms with Gasteiger partial charge < -0.3 is 14.8 Å². The highest BCUT2D eigenvalue weighted by atomic mass is 19.1. The summed E-state index contributed by atoms with van der Waals surface area (Å²) >= 11 is 0. The molecule has 0 aliphatic rings. The maximum absolute atomic E-state index is 13.6. The van der Waals surface area contributed by atoms with Crippen LogP contribution < -0.4 is 10.1 Å². The number of halogens is 1. The molecule has 0 saturated carbocycles. The Bertz CT molecular complexity index is 1380. The topological polar surface area (TPSA) is 64.6 Å². The quantitative estimate of drug-likeness (QED) is 0.266. The van der Waals surface area contributed by atoms with Crippen LogP contribution in [-0.2, 0) is 16.0 Å². The van der Waals surface area contributed by atoms with E-state index in [1.807, 2.05) is 55.5 Å². The van der Waals surface area contributed by atoms with Crippen molar-refractivity contribution in [2.24, 2.45) is 0 Å². The molecule has 0 aliphatic carbocycles. The highest BCUT2D eigenvalue weighted by molar-refractivity contribution is 5.97. The number of carbonyl (C=O) groups is 2. The average molecular weight is 486 g/mol. The summed E-state index contributed by atoms with van der Waals surface area (Å²) in [4.78, 5) is 25.0. The minimum atomic E-state index is -0.409. The Morgan fingerprint density at radius 2 is 1.67 bits per heavy atom. The SMILES string of the molecule is COC(=O)CCCc1ccc(Oc2cccc(F)c2)cc1C(=O)N[C@H](C)c1cccc2ccccc12. The lowest BCUT2D eigenvalue weighted by Crippen LogP contribution is -2.27. The monoisotopic (exact) mass is 485 g/mol. The first-order chi connectivity index (χ1) is 17.4. The Hall–Kier alpha value is -4.19. The Kier molecular flexibility index (Phi) is 7.95. The number of hydrogen-bond acceptors (Lipinski definition) is 4. The van der Waals surface area contributed by atoms with Crippen molar-refractivity contribution >= 4 is 22.6 Å². The first-order valence-electron chi connectivity index (χ1n) is 11.9. The van der Waals surface area contributed by atoms with E-state index in [9.17, 15) is 14.0 Å². The number of carbonyl (C=O) groups excluding carboxylic acids is 2. The molecule has 0 unspecified atom stereocenters. The zero-order chi connectivity index (χ0) is 25.5. The van der Waals surface area contributed by atoms with Crippen LogP contribution in [0.15, 0.2) is 84.9 Å². The maximum Gasteiger partial charge on any atom is 0.305 e. The second-order valence-electron chi connectivity index (χ2n) is 8.57. The number of esters is 1. The summed E-state index contributed by atoms with van der Waals surface area (Å²) in [6.07, 6.45) is 1.31. The molecule has 0 fully saturated rings. The van der Waals surface area contributed by atoms with E-state index in [1.165, 1.54) is 19.2 Å². The summed E-state index contributed by atoms with van der Waals surface area (Å²) in [7, 11) is 1.36. The lowest BCUT2D eigenvalue weighted by molar-refractivity contribution is -0.140. The largest absolute Gasteiger partial charge is 0.469 e. The van der Waals surface area contributed by atoms with Crippen molar-refractivity contribution in [2.45, 2.75) is 32.2 Å². The van der Waals surface area contributed by atoms with Gasteiger partial charge in [-0.2, -0.15) is 0 Å². The van der Waals surface area contributed by atoms with Crippen LogP contribution in [0.3, 0.4) is 0 Å². The molecule has 1 amide bonds.